The average molecular weight is 316 g/mol. The highest BCUT2D eigenvalue weighted by Crippen LogP contribution is 2.13. The molecule has 18 heavy (non-hydrogen) atoms. The summed E-state index contributed by atoms with van der Waals surface area (Å²) < 4.78 is 0.422. The predicted molar refractivity (Wildman–Crippen MR) is 64.6 cm³/mol. The van der Waals surface area contributed by atoms with Gasteiger partial charge in [0.2, 0.25) is 5.91 Å². The van der Waals surface area contributed by atoms with Crippen LogP contribution in [0, 0.1) is 0 Å². The largest absolute Gasteiger partial charge is 0.480 e. The molecular formula is C10H10BrN3O4. The zero-order valence-corrected chi connectivity index (χ0v) is 10.7. The molecule has 8 heteroatoms. The highest BCUT2D eigenvalue weighted by molar-refractivity contribution is 9.10. The molecule has 1 heterocycles. The van der Waals surface area contributed by atoms with Crippen molar-refractivity contribution in [3.63, 3.8) is 0 Å². The Hall–Kier alpha value is -1.96. The number of carboxylic acid groups (broad SMARTS) is 1. The second kappa shape index (κ2) is 6.10. The van der Waals surface area contributed by atoms with Crippen LogP contribution in [0.5, 0.6) is 0 Å². The lowest BCUT2D eigenvalue weighted by Gasteiger charge is -2.12. The van der Waals surface area contributed by atoms with Crippen molar-refractivity contribution in [1.82, 2.24) is 10.3 Å². The van der Waals surface area contributed by atoms with E-state index in [2.05, 4.69) is 26.2 Å². The Balaban J connectivity index is 2.82. The lowest BCUT2D eigenvalue weighted by molar-refractivity contribution is -0.140. The molecule has 0 spiro atoms. The van der Waals surface area contributed by atoms with E-state index >= 15 is 0 Å². The first kappa shape index (κ1) is 14.1. The van der Waals surface area contributed by atoms with Gasteiger partial charge in [-0.25, -0.2) is 9.78 Å². The van der Waals surface area contributed by atoms with Crippen molar-refractivity contribution < 1.29 is 19.5 Å². The summed E-state index contributed by atoms with van der Waals surface area (Å²) in [5, 5.41) is 11.0. The van der Waals surface area contributed by atoms with Gasteiger partial charge in [-0.3, -0.25) is 9.59 Å². The molecule has 0 saturated carbocycles. The van der Waals surface area contributed by atoms with Crippen molar-refractivity contribution in [2.24, 2.45) is 5.73 Å². The number of hydrogen-bond acceptors (Lipinski definition) is 4. The summed E-state index contributed by atoms with van der Waals surface area (Å²) >= 11 is 3.11. The van der Waals surface area contributed by atoms with Gasteiger partial charge in [0.1, 0.15) is 11.7 Å². The van der Waals surface area contributed by atoms with E-state index in [9.17, 15) is 14.4 Å². The van der Waals surface area contributed by atoms with Crippen molar-refractivity contribution in [2.75, 3.05) is 0 Å². The predicted octanol–water partition coefficient (Wildman–Crippen LogP) is -0.0975. The van der Waals surface area contributed by atoms with E-state index < -0.39 is 30.2 Å². The lowest BCUT2D eigenvalue weighted by atomic mass is 10.2. The highest BCUT2D eigenvalue weighted by atomic mass is 79.9. The number of hydrogen-bond donors (Lipinski definition) is 3. The van der Waals surface area contributed by atoms with Crippen LogP contribution in [0.3, 0.4) is 0 Å². The molecule has 0 fully saturated rings. The minimum atomic E-state index is -1.37. The van der Waals surface area contributed by atoms with Gasteiger partial charge in [0.15, 0.2) is 0 Å². The van der Waals surface area contributed by atoms with Crippen LogP contribution in [-0.4, -0.2) is 33.9 Å². The van der Waals surface area contributed by atoms with Gasteiger partial charge >= 0.3 is 5.97 Å². The Morgan fingerprint density at radius 3 is 2.67 bits per heavy atom. The van der Waals surface area contributed by atoms with Crippen LogP contribution in [0.25, 0.3) is 0 Å². The molecule has 96 valence electrons. The van der Waals surface area contributed by atoms with Crippen LogP contribution < -0.4 is 11.1 Å². The molecule has 2 amide bonds. The van der Waals surface area contributed by atoms with Gasteiger partial charge in [0.05, 0.1) is 6.42 Å². The Morgan fingerprint density at radius 2 is 2.17 bits per heavy atom. The molecule has 1 atom stereocenters. The molecule has 1 aromatic rings. The maximum absolute atomic E-state index is 11.7. The Labute approximate surface area is 111 Å². The van der Waals surface area contributed by atoms with Gasteiger partial charge in [0.25, 0.3) is 5.91 Å². The molecule has 0 bridgehead atoms. The number of amides is 2. The molecule has 0 unspecified atom stereocenters. The van der Waals surface area contributed by atoms with Crippen LogP contribution >= 0.6 is 15.9 Å². The molecule has 0 aliphatic carbocycles. The van der Waals surface area contributed by atoms with E-state index in [4.69, 9.17) is 10.8 Å². The van der Waals surface area contributed by atoms with Gasteiger partial charge in [-0.05, 0) is 28.1 Å². The van der Waals surface area contributed by atoms with E-state index in [1.165, 1.54) is 6.20 Å². The first-order chi connectivity index (χ1) is 8.41. The second-order valence-electron chi connectivity index (χ2n) is 3.37. The molecule has 7 nitrogen and oxygen atoms in total. The number of carboxylic acids is 1. The molecule has 1 rings (SSSR count). The number of aliphatic carboxylic acids is 1. The Bertz CT molecular complexity index is 492. The maximum Gasteiger partial charge on any atom is 0.326 e. The number of primary amides is 1. The van der Waals surface area contributed by atoms with Gasteiger partial charge < -0.3 is 16.2 Å². The summed E-state index contributed by atoms with van der Waals surface area (Å²) in [5.74, 6) is -2.85. The normalized spacial score (nSPS) is 11.6. The standard InChI is InChI=1S/C10H10BrN3O4/c11-5-2-1-3-13-8(5)9(16)14-6(10(17)18)4-7(12)15/h1-3,6H,4H2,(H2,12,15)(H,14,16)(H,17,18)/t6-/m1/s1. The SMILES string of the molecule is NC(=O)C[C@@H](NC(=O)c1ncccc1Br)C(=O)O. The molecular weight excluding hydrogens is 306 g/mol. The fourth-order valence-corrected chi connectivity index (χ4v) is 1.62. The molecule has 0 aliphatic rings. The fraction of sp³-hybridized carbons (Fsp3) is 0.200. The molecule has 4 N–H and O–H groups in total. The number of halogens is 1. The first-order valence-corrected chi connectivity index (χ1v) is 5.63. The molecule has 0 radical (unpaired) electrons. The molecule has 0 aliphatic heterocycles. The number of nitrogens with two attached hydrogens (primary N) is 1. The lowest BCUT2D eigenvalue weighted by Crippen LogP contribution is -2.43. The van der Waals surface area contributed by atoms with Gasteiger partial charge in [-0.1, -0.05) is 0 Å². The van der Waals surface area contributed by atoms with E-state index in [0.29, 0.717) is 4.47 Å². The number of nitrogens with zero attached hydrogens (tertiary/aromatic N) is 1. The summed E-state index contributed by atoms with van der Waals surface area (Å²) in [7, 11) is 0. The monoisotopic (exact) mass is 315 g/mol. The average Bonchev–Trinajstić information content (AvgIpc) is 2.27. The maximum atomic E-state index is 11.7. The number of carbonyl (C=O) groups excluding carboxylic acids is 2. The summed E-state index contributed by atoms with van der Waals surface area (Å²) in [4.78, 5) is 37.1. The first-order valence-electron chi connectivity index (χ1n) is 4.84. The van der Waals surface area contributed by atoms with Crippen LogP contribution in [0.1, 0.15) is 16.9 Å². The van der Waals surface area contributed by atoms with E-state index in [0.717, 1.165) is 0 Å². The zero-order valence-electron chi connectivity index (χ0n) is 9.09. The molecule has 1 aromatic heterocycles. The molecule has 0 saturated heterocycles. The van der Waals surface area contributed by atoms with Crippen LogP contribution in [0.4, 0.5) is 0 Å². The second-order valence-corrected chi connectivity index (χ2v) is 4.22. The number of rotatable bonds is 5. The molecule has 0 aromatic carbocycles. The third-order valence-corrected chi connectivity index (χ3v) is 2.62. The van der Waals surface area contributed by atoms with Crippen LogP contribution in [-0.2, 0) is 9.59 Å². The fourth-order valence-electron chi connectivity index (χ4n) is 1.18. The van der Waals surface area contributed by atoms with Gasteiger partial charge in [-0.15, -0.1) is 0 Å². The van der Waals surface area contributed by atoms with Crippen LogP contribution in [0.2, 0.25) is 0 Å². The summed E-state index contributed by atoms with van der Waals surface area (Å²) in [6, 6.07) is 1.83. The van der Waals surface area contributed by atoms with Gasteiger partial charge in [-0.2, -0.15) is 0 Å². The Morgan fingerprint density at radius 1 is 1.50 bits per heavy atom. The van der Waals surface area contributed by atoms with Crippen LogP contribution in [0.15, 0.2) is 22.8 Å². The summed E-state index contributed by atoms with van der Waals surface area (Å²) in [6.07, 6.45) is 0.912. The number of carbonyl (C=O) groups is 3. The van der Waals surface area contributed by atoms with E-state index in [-0.39, 0.29) is 5.69 Å². The van der Waals surface area contributed by atoms with Crippen molar-refractivity contribution in [1.29, 1.82) is 0 Å². The van der Waals surface area contributed by atoms with E-state index in [1.807, 2.05) is 0 Å². The third-order valence-electron chi connectivity index (χ3n) is 1.98. The number of pyridine rings is 1. The minimum Gasteiger partial charge on any atom is -0.480 e. The number of aromatic nitrogens is 1. The quantitative estimate of drug-likeness (QED) is 0.700. The van der Waals surface area contributed by atoms with Crippen molar-refractivity contribution in [2.45, 2.75) is 12.5 Å². The summed E-state index contributed by atoms with van der Waals surface area (Å²) in [5.41, 5.74) is 4.93. The minimum absolute atomic E-state index is 0.0354. The summed E-state index contributed by atoms with van der Waals surface area (Å²) in [6.45, 7) is 0. The van der Waals surface area contributed by atoms with Gasteiger partial charge in [0, 0.05) is 10.7 Å². The van der Waals surface area contributed by atoms with E-state index in [1.54, 1.807) is 12.1 Å². The third kappa shape index (κ3) is 3.81. The van der Waals surface area contributed by atoms with Crippen molar-refractivity contribution >= 4 is 33.7 Å². The highest BCUT2D eigenvalue weighted by Gasteiger charge is 2.24. The van der Waals surface area contributed by atoms with Crippen molar-refractivity contribution in [3.05, 3.63) is 28.5 Å². The topological polar surface area (TPSA) is 122 Å². The Kier molecular flexibility index (Phi) is 4.78. The smallest absolute Gasteiger partial charge is 0.326 e. The van der Waals surface area contributed by atoms with Crippen molar-refractivity contribution in [3.8, 4) is 0 Å². The number of nitrogens with one attached hydrogen (secondary N) is 1. The zero-order chi connectivity index (χ0) is 13.7.